The van der Waals surface area contributed by atoms with Gasteiger partial charge in [-0.2, -0.15) is 0 Å². The van der Waals surface area contributed by atoms with Gasteiger partial charge in [0.1, 0.15) is 23.8 Å². The number of amides is 1. The molecule has 3 atom stereocenters. The molecule has 2 heterocycles. The Labute approximate surface area is 252 Å². The highest BCUT2D eigenvalue weighted by Crippen LogP contribution is 2.51. The third kappa shape index (κ3) is 7.44. The number of fused-ring (bicyclic) bond motifs is 1. The maximum absolute atomic E-state index is 13.9. The Morgan fingerprint density at radius 2 is 2.07 bits per heavy atom. The topological polar surface area (TPSA) is 107 Å². The van der Waals surface area contributed by atoms with Crippen LogP contribution in [0.3, 0.4) is 0 Å². The predicted octanol–water partition coefficient (Wildman–Crippen LogP) is 4.05. The van der Waals surface area contributed by atoms with Crippen LogP contribution in [0.5, 0.6) is 5.75 Å². The average Bonchev–Trinajstić information content (AvgIpc) is 3.49. The number of nitrogens with zero attached hydrogens (tertiary/aromatic N) is 2. The SMILES string of the molecule is COCC(=O)N[C@@H](Cc1cccc(F)c1)[C@H](O)CN[C@H]1CC2(CCC2)Oc2c1cc(CC(C)(C)OC)cc2-n1ccnc1. The van der Waals surface area contributed by atoms with E-state index in [9.17, 15) is 14.3 Å². The molecule has 0 bridgehead atoms. The lowest BCUT2D eigenvalue weighted by Crippen LogP contribution is -2.52. The molecule has 3 aromatic rings. The number of nitrogens with one attached hydrogen (secondary N) is 2. The van der Waals surface area contributed by atoms with Gasteiger partial charge in [-0.3, -0.25) is 4.79 Å². The summed E-state index contributed by atoms with van der Waals surface area (Å²) in [6, 6.07) is 9.78. The molecule has 10 heteroatoms. The third-order valence-electron chi connectivity index (χ3n) is 8.66. The van der Waals surface area contributed by atoms with Crippen LogP contribution in [0.1, 0.15) is 62.3 Å². The maximum Gasteiger partial charge on any atom is 0.246 e. The highest BCUT2D eigenvalue weighted by atomic mass is 19.1. The summed E-state index contributed by atoms with van der Waals surface area (Å²) in [4.78, 5) is 16.7. The summed E-state index contributed by atoms with van der Waals surface area (Å²) in [7, 11) is 3.16. The molecule has 5 rings (SSSR count). The van der Waals surface area contributed by atoms with E-state index in [1.165, 1.54) is 19.2 Å². The molecular formula is C33H43FN4O5. The zero-order valence-electron chi connectivity index (χ0n) is 25.4. The van der Waals surface area contributed by atoms with Gasteiger partial charge in [-0.1, -0.05) is 18.2 Å². The van der Waals surface area contributed by atoms with Crippen LogP contribution in [0.15, 0.2) is 55.1 Å². The van der Waals surface area contributed by atoms with Gasteiger partial charge in [0, 0.05) is 57.6 Å². The Balaban J connectivity index is 1.43. The predicted molar refractivity (Wildman–Crippen MR) is 161 cm³/mol. The molecule has 1 aliphatic heterocycles. The van der Waals surface area contributed by atoms with Gasteiger partial charge in [0.15, 0.2) is 0 Å². The number of aliphatic hydroxyl groups excluding tert-OH is 1. The minimum Gasteiger partial charge on any atom is -0.485 e. The van der Waals surface area contributed by atoms with Crippen molar-refractivity contribution < 1.29 is 28.5 Å². The Bertz CT molecular complexity index is 1390. The van der Waals surface area contributed by atoms with E-state index in [0.29, 0.717) is 12.0 Å². The second-order valence-electron chi connectivity index (χ2n) is 12.5. The second-order valence-corrected chi connectivity index (χ2v) is 12.5. The fourth-order valence-corrected chi connectivity index (χ4v) is 6.11. The third-order valence-corrected chi connectivity index (χ3v) is 8.66. The minimum atomic E-state index is -0.948. The Hall–Kier alpha value is -3.31. The van der Waals surface area contributed by atoms with E-state index < -0.39 is 12.1 Å². The zero-order valence-corrected chi connectivity index (χ0v) is 25.4. The van der Waals surface area contributed by atoms with Crippen molar-refractivity contribution in [3.63, 3.8) is 0 Å². The lowest BCUT2D eigenvalue weighted by molar-refractivity contribution is -0.126. The quantitative estimate of drug-likeness (QED) is 0.274. The van der Waals surface area contributed by atoms with E-state index in [2.05, 4.69) is 41.6 Å². The van der Waals surface area contributed by atoms with E-state index in [0.717, 1.165) is 48.2 Å². The van der Waals surface area contributed by atoms with Gasteiger partial charge in [0.25, 0.3) is 0 Å². The molecule has 232 valence electrons. The summed E-state index contributed by atoms with van der Waals surface area (Å²) in [6.07, 6.45) is 9.25. The molecule has 3 N–H and O–H groups in total. The van der Waals surface area contributed by atoms with E-state index in [1.54, 1.807) is 31.8 Å². The summed E-state index contributed by atoms with van der Waals surface area (Å²) in [6.45, 7) is 4.20. The Morgan fingerprint density at radius 3 is 2.72 bits per heavy atom. The van der Waals surface area contributed by atoms with Crippen molar-refractivity contribution >= 4 is 5.91 Å². The van der Waals surface area contributed by atoms with Crippen LogP contribution in [0, 0.1) is 5.82 Å². The van der Waals surface area contributed by atoms with Gasteiger partial charge in [-0.15, -0.1) is 0 Å². The first-order valence-electron chi connectivity index (χ1n) is 14.9. The molecule has 2 aliphatic rings. The van der Waals surface area contributed by atoms with Gasteiger partial charge in [-0.05, 0) is 68.9 Å². The van der Waals surface area contributed by atoms with Crippen molar-refractivity contribution in [2.45, 2.75) is 81.8 Å². The molecule has 2 aromatic carbocycles. The highest BCUT2D eigenvalue weighted by molar-refractivity contribution is 5.77. The number of ether oxygens (including phenoxy) is 3. The summed E-state index contributed by atoms with van der Waals surface area (Å²) < 4.78 is 33.4. The molecule has 1 spiro atoms. The number of halogens is 1. The van der Waals surface area contributed by atoms with Crippen LogP contribution in [0.4, 0.5) is 4.39 Å². The van der Waals surface area contributed by atoms with Crippen LogP contribution in [-0.4, -0.2) is 71.3 Å². The summed E-state index contributed by atoms with van der Waals surface area (Å²) >= 11 is 0. The van der Waals surface area contributed by atoms with Crippen LogP contribution in [0.25, 0.3) is 5.69 Å². The average molecular weight is 595 g/mol. The van der Waals surface area contributed by atoms with Crippen molar-refractivity contribution in [3.05, 3.63) is 77.6 Å². The number of aliphatic hydroxyl groups is 1. The second kappa shape index (κ2) is 13.1. The molecule has 9 nitrogen and oxygen atoms in total. The number of benzene rings is 2. The first-order chi connectivity index (χ1) is 20.6. The standard InChI is InChI=1S/C33H43FN4O5/c1-32(2,42-4)17-23-14-25-27(18-33(9-6-10-33)43-31(25)28(16-23)38-12-11-35-21-38)36-19-29(39)26(37-30(40)20-41-3)15-22-7-5-8-24(34)13-22/h5,7-8,11-14,16,21,26-27,29,36,39H,6,9-10,15,17-20H2,1-4H3,(H,37,40)/t26-,27-,29+/m0/s1. The molecule has 0 radical (unpaired) electrons. The van der Waals surface area contributed by atoms with Crippen LogP contribution >= 0.6 is 0 Å². The summed E-state index contributed by atoms with van der Waals surface area (Å²) in [5.41, 5.74) is 3.09. The van der Waals surface area contributed by atoms with Gasteiger partial charge in [0.2, 0.25) is 5.91 Å². The molecule has 1 aliphatic carbocycles. The van der Waals surface area contributed by atoms with Crippen LogP contribution in [-0.2, 0) is 27.1 Å². The van der Waals surface area contributed by atoms with Crippen molar-refractivity contribution in [2.75, 3.05) is 27.4 Å². The molecule has 1 fully saturated rings. The number of carbonyl (C=O) groups excluding carboxylic acids is 1. The van der Waals surface area contributed by atoms with Crippen LogP contribution < -0.4 is 15.4 Å². The number of methoxy groups -OCH3 is 2. The monoisotopic (exact) mass is 594 g/mol. The van der Waals surface area contributed by atoms with Crippen molar-refractivity contribution in [1.29, 1.82) is 0 Å². The number of carbonyl (C=O) groups is 1. The fraction of sp³-hybridized carbons (Fsp3) is 0.515. The Morgan fingerprint density at radius 1 is 1.26 bits per heavy atom. The van der Waals surface area contributed by atoms with E-state index in [-0.39, 0.29) is 48.5 Å². The van der Waals surface area contributed by atoms with Gasteiger partial charge in [0.05, 0.1) is 29.8 Å². The summed E-state index contributed by atoms with van der Waals surface area (Å²) in [5.74, 6) is 0.112. The molecule has 1 amide bonds. The molecule has 1 aromatic heterocycles. The normalized spacial score (nSPS) is 18.8. The van der Waals surface area contributed by atoms with Crippen LogP contribution in [0.2, 0.25) is 0 Å². The maximum atomic E-state index is 13.9. The molecule has 0 unspecified atom stereocenters. The van der Waals surface area contributed by atoms with E-state index in [1.807, 2.05) is 10.8 Å². The first-order valence-corrected chi connectivity index (χ1v) is 14.9. The molecule has 0 saturated heterocycles. The van der Waals surface area contributed by atoms with Crippen molar-refractivity contribution in [2.24, 2.45) is 0 Å². The number of imidazole rings is 1. The smallest absolute Gasteiger partial charge is 0.246 e. The van der Waals surface area contributed by atoms with E-state index >= 15 is 0 Å². The van der Waals surface area contributed by atoms with Gasteiger partial charge in [-0.25, -0.2) is 9.37 Å². The zero-order chi connectivity index (χ0) is 30.6. The minimum absolute atomic E-state index is 0.101. The Kier molecular flexibility index (Phi) is 9.51. The number of rotatable bonds is 13. The first kappa shape index (κ1) is 31.1. The van der Waals surface area contributed by atoms with Gasteiger partial charge < -0.3 is 34.5 Å². The lowest BCUT2D eigenvalue weighted by Gasteiger charge is -2.49. The lowest BCUT2D eigenvalue weighted by atomic mass is 9.72. The van der Waals surface area contributed by atoms with E-state index in [4.69, 9.17) is 14.2 Å². The largest absolute Gasteiger partial charge is 0.485 e. The molecule has 43 heavy (non-hydrogen) atoms. The number of hydrogen-bond donors (Lipinski definition) is 3. The fourth-order valence-electron chi connectivity index (χ4n) is 6.11. The number of aromatic nitrogens is 2. The number of hydrogen-bond acceptors (Lipinski definition) is 7. The highest BCUT2D eigenvalue weighted by Gasteiger charge is 2.46. The molecule has 1 saturated carbocycles. The molecular weight excluding hydrogens is 551 g/mol. The van der Waals surface area contributed by atoms with Crippen molar-refractivity contribution in [3.8, 4) is 11.4 Å². The summed E-state index contributed by atoms with van der Waals surface area (Å²) in [5, 5.41) is 17.9. The van der Waals surface area contributed by atoms with Gasteiger partial charge >= 0.3 is 0 Å². The van der Waals surface area contributed by atoms with Crippen molar-refractivity contribution in [1.82, 2.24) is 20.2 Å².